The fraction of sp³-hybridized carbons (Fsp3) is 0.316. The van der Waals surface area contributed by atoms with Crippen molar-refractivity contribution in [2.45, 2.75) is 33.1 Å². The van der Waals surface area contributed by atoms with Crippen LogP contribution in [0.1, 0.15) is 37.8 Å². The van der Waals surface area contributed by atoms with E-state index in [1.807, 2.05) is 0 Å². The van der Waals surface area contributed by atoms with E-state index < -0.39 is 0 Å². The Morgan fingerprint density at radius 2 is 1.59 bits per heavy atom. The van der Waals surface area contributed by atoms with Crippen molar-refractivity contribution in [1.29, 1.82) is 0 Å². The van der Waals surface area contributed by atoms with E-state index in [-0.39, 0.29) is 11.7 Å². The standard InChI is InChI=1S/C19H24N2O/c1-13(2)12-15-4-6-16(7-5-15)14(3)19(20)21-17-8-10-18(22)11-9-17/h4-11,13-14,22H,12H2,1-3H3,(H2,20,21)/p+1/t14-/m0/s1. The third-order valence-corrected chi connectivity index (χ3v) is 3.75. The van der Waals surface area contributed by atoms with Gasteiger partial charge < -0.3 is 5.11 Å². The molecule has 0 aromatic heterocycles. The van der Waals surface area contributed by atoms with Crippen LogP contribution in [0.2, 0.25) is 0 Å². The van der Waals surface area contributed by atoms with Crippen LogP contribution in [0.4, 0.5) is 5.69 Å². The van der Waals surface area contributed by atoms with E-state index in [1.165, 1.54) is 11.1 Å². The highest BCUT2D eigenvalue weighted by atomic mass is 16.3. The zero-order valence-corrected chi connectivity index (χ0v) is 13.5. The van der Waals surface area contributed by atoms with Crippen molar-refractivity contribution in [3.05, 3.63) is 59.7 Å². The van der Waals surface area contributed by atoms with Crippen LogP contribution in [0.15, 0.2) is 48.5 Å². The normalized spacial score (nSPS) is 13.4. The minimum atomic E-state index is 0.113. The third-order valence-electron chi connectivity index (χ3n) is 3.75. The topological polar surface area (TPSA) is 60.2 Å². The van der Waals surface area contributed by atoms with Gasteiger partial charge >= 0.3 is 0 Å². The Labute approximate surface area is 132 Å². The molecule has 0 radical (unpaired) electrons. The summed E-state index contributed by atoms with van der Waals surface area (Å²) in [6.07, 6.45) is 1.10. The number of hydrogen-bond acceptors (Lipinski definition) is 1. The van der Waals surface area contributed by atoms with Crippen molar-refractivity contribution in [2.75, 3.05) is 0 Å². The molecule has 3 nitrogen and oxygen atoms in total. The van der Waals surface area contributed by atoms with Crippen molar-refractivity contribution in [3.8, 4) is 5.75 Å². The smallest absolute Gasteiger partial charge is 0.252 e. The first-order valence-electron chi connectivity index (χ1n) is 7.73. The Bertz CT molecular complexity index is 627. The van der Waals surface area contributed by atoms with Gasteiger partial charge in [0, 0.05) is 0 Å². The van der Waals surface area contributed by atoms with Crippen molar-refractivity contribution >= 4 is 11.5 Å². The summed E-state index contributed by atoms with van der Waals surface area (Å²) in [6, 6.07) is 15.5. The predicted molar refractivity (Wildman–Crippen MR) is 91.3 cm³/mol. The zero-order chi connectivity index (χ0) is 16.1. The van der Waals surface area contributed by atoms with E-state index in [9.17, 15) is 5.11 Å². The SMILES string of the molecule is CC(C)Cc1ccc([C@H](C)C(N)=[NH+]c2ccc(O)cc2)cc1. The van der Waals surface area contributed by atoms with Crippen molar-refractivity contribution in [2.24, 2.45) is 11.7 Å². The second-order valence-electron chi connectivity index (χ2n) is 6.19. The number of rotatable bonds is 5. The first kappa shape index (κ1) is 16.1. The van der Waals surface area contributed by atoms with Crippen LogP contribution >= 0.6 is 0 Å². The van der Waals surface area contributed by atoms with Gasteiger partial charge in [0.15, 0.2) is 0 Å². The summed E-state index contributed by atoms with van der Waals surface area (Å²) in [4.78, 5) is 3.20. The summed E-state index contributed by atoms with van der Waals surface area (Å²) in [5.74, 6) is 1.72. The maximum Gasteiger partial charge on any atom is 0.252 e. The highest BCUT2D eigenvalue weighted by Gasteiger charge is 2.15. The Hall–Kier alpha value is -2.29. The summed E-state index contributed by atoms with van der Waals surface area (Å²) in [6.45, 7) is 6.54. The lowest BCUT2D eigenvalue weighted by Gasteiger charge is -2.10. The second kappa shape index (κ2) is 7.12. The van der Waals surface area contributed by atoms with Crippen LogP contribution in [-0.4, -0.2) is 10.9 Å². The Kier molecular flexibility index (Phi) is 5.21. The molecule has 0 fully saturated rings. The Morgan fingerprint density at radius 3 is 2.14 bits per heavy atom. The van der Waals surface area contributed by atoms with Gasteiger partial charge in [0.1, 0.15) is 11.4 Å². The van der Waals surface area contributed by atoms with E-state index in [2.05, 4.69) is 50.0 Å². The molecule has 0 saturated carbocycles. The molecule has 116 valence electrons. The summed E-state index contributed by atoms with van der Waals surface area (Å²) in [5, 5.41) is 9.30. The van der Waals surface area contributed by atoms with Gasteiger partial charge in [-0.05, 0) is 54.7 Å². The van der Waals surface area contributed by atoms with Gasteiger partial charge in [-0.3, -0.25) is 5.73 Å². The Morgan fingerprint density at radius 1 is 1.00 bits per heavy atom. The van der Waals surface area contributed by atoms with E-state index in [1.54, 1.807) is 24.3 Å². The zero-order valence-electron chi connectivity index (χ0n) is 13.5. The second-order valence-corrected chi connectivity index (χ2v) is 6.19. The molecule has 2 aromatic rings. The number of phenolic OH excluding ortho intramolecular Hbond substituents is 1. The largest absolute Gasteiger partial charge is 0.508 e. The van der Waals surface area contributed by atoms with Gasteiger partial charge in [-0.2, -0.15) is 0 Å². The number of nitrogens with two attached hydrogens (primary N) is 1. The quantitative estimate of drug-likeness (QED) is 0.451. The molecule has 0 aliphatic carbocycles. The highest BCUT2D eigenvalue weighted by molar-refractivity contribution is 5.82. The maximum absolute atomic E-state index is 9.30. The summed E-state index contributed by atoms with van der Waals surface area (Å²) in [7, 11) is 0. The van der Waals surface area contributed by atoms with Gasteiger partial charge in [0.2, 0.25) is 0 Å². The summed E-state index contributed by atoms with van der Waals surface area (Å²) < 4.78 is 0. The van der Waals surface area contributed by atoms with Crippen LogP contribution in [0, 0.1) is 5.92 Å². The lowest BCUT2D eigenvalue weighted by atomic mass is 9.96. The number of aromatic hydroxyl groups is 1. The number of hydrogen-bond donors (Lipinski definition) is 3. The highest BCUT2D eigenvalue weighted by Crippen LogP contribution is 2.17. The maximum atomic E-state index is 9.30. The Balaban J connectivity index is 2.12. The molecule has 0 unspecified atom stereocenters. The number of phenols is 1. The fourth-order valence-corrected chi connectivity index (χ4v) is 2.41. The average Bonchev–Trinajstić information content (AvgIpc) is 2.49. The third kappa shape index (κ3) is 4.35. The van der Waals surface area contributed by atoms with Gasteiger partial charge in [-0.15, -0.1) is 0 Å². The van der Waals surface area contributed by atoms with Gasteiger partial charge in [0.05, 0.1) is 5.92 Å². The predicted octanol–water partition coefficient (Wildman–Crippen LogP) is 2.46. The van der Waals surface area contributed by atoms with Crippen LogP contribution < -0.4 is 10.7 Å². The lowest BCUT2D eigenvalue weighted by molar-refractivity contribution is -0.357. The van der Waals surface area contributed by atoms with Crippen molar-refractivity contribution in [3.63, 3.8) is 0 Å². The number of benzene rings is 2. The number of nitrogens with one attached hydrogen (secondary N) is 1. The van der Waals surface area contributed by atoms with E-state index >= 15 is 0 Å². The summed E-state index contributed by atoms with van der Waals surface area (Å²) in [5.41, 5.74) is 9.60. The molecule has 0 heterocycles. The molecule has 2 aromatic carbocycles. The van der Waals surface area contributed by atoms with Gasteiger partial charge in [-0.25, -0.2) is 4.99 Å². The fourth-order valence-electron chi connectivity index (χ4n) is 2.41. The molecule has 0 saturated heterocycles. The van der Waals surface area contributed by atoms with Crippen LogP contribution in [0.5, 0.6) is 5.75 Å². The van der Waals surface area contributed by atoms with Crippen molar-refractivity contribution < 1.29 is 10.1 Å². The van der Waals surface area contributed by atoms with E-state index in [0.29, 0.717) is 11.8 Å². The number of amidine groups is 1. The molecule has 4 N–H and O–H groups in total. The average molecular weight is 297 g/mol. The molecular formula is C19H25N2O+. The molecule has 0 bridgehead atoms. The molecule has 1 atom stereocenters. The van der Waals surface area contributed by atoms with Gasteiger partial charge in [-0.1, -0.05) is 38.1 Å². The monoisotopic (exact) mass is 297 g/mol. The molecule has 0 amide bonds. The summed E-state index contributed by atoms with van der Waals surface area (Å²) >= 11 is 0. The molecule has 0 spiro atoms. The molecule has 22 heavy (non-hydrogen) atoms. The molecule has 3 heteroatoms. The minimum Gasteiger partial charge on any atom is -0.508 e. The first-order chi connectivity index (χ1) is 10.5. The first-order valence-corrected chi connectivity index (χ1v) is 7.73. The lowest BCUT2D eigenvalue weighted by Crippen LogP contribution is -2.70. The van der Waals surface area contributed by atoms with E-state index in [4.69, 9.17) is 5.73 Å². The molecule has 0 aliphatic heterocycles. The van der Waals surface area contributed by atoms with Crippen LogP contribution in [0.25, 0.3) is 0 Å². The minimum absolute atomic E-state index is 0.113. The van der Waals surface area contributed by atoms with Crippen LogP contribution in [-0.2, 0) is 6.42 Å². The molecular weight excluding hydrogens is 272 g/mol. The van der Waals surface area contributed by atoms with Gasteiger partial charge in [0.25, 0.3) is 5.84 Å². The van der Waals surface area contributed by atoms with Crippen molar-refractivity contribution in [1.82, 2.24) is 0 Å². The molecule has 0 aliphatic rings. The van der Waals surface area contributed by atoms with Crippen LogP contribution in [0.3, 0.4) is 0 Å². The van der Waals surface area contributed by atoms with E-state index in [0.717, 1.165) is 12.1 Å². The molecule has 2 rings (SSSR count).